The van der Waals surface area contributed by atoms with Crippen molar-refractivity contribution in [1.29, 1.82) is 0 Å². The van der Waals surface area contributed by atoms with Gasteiger partial charge in [-0.2, -0.15) is 0 Å². The number of imidazole rings is 1. The summed E-state index contributed by atoms with van der Waals surface area (Å²) in [6.45, 7) is 2.54. The first-order valence-corrected chi connectivity index (χ1v) is 7.98. The van der Waals surface area contributed by atoms with Crippen molar-refractivity contribution in [2.45, 2.75) is 13.5 Å². The van der Waals surface area contributed by atoms with Crippen LogP contribution in [0.2, 0.25) is 0 Å². The zero-order valence-electron chi connectivity index (χ0n) is 12.7. The fourth-order valence-corrected chi connectivity index (χ4v) is 2.87. The second kappa shape index (κ2) is 6.88. The van der Waals surface area contributed by atoms with E-state index in [1.807, 2.05) is 11.5 Å². The minimum Gasteiger partial charge on any atom is -0.459 e. The average Bonchev–Trinajstić information content (AvgIpc) is 3.20. The lowest BCUT2D eigenvalue weighted by molar-refractivity contribution is 0.0485. The number of carbonyl (C=O) groups is 1. The standard InChI is InChI=1S/C16H13F2N3O2S/c1-10-19-4-5-21(10)6-7-23-16(22)14-9-24-15(20-14)11-2-3-12(17)13(18)8-11/h2-5,8-9H,6-7H2,1H3. The van der Waals surface area contributed by atoms with Crippen LogP contribution in [0, 0.1) is 18.6 Å². The normalized spacial score (nSPS) is 10.8. The number of aryl methyl sites for hydroxylation is 1. The van der Waals surface area contributed by atoms with E-state index in [4.69, 9.17) is 4.74 Å². The Labute approximate surface area is 140 Å². The summed E-state index contributed by atoms with van der Waals surface area (Å²) in [4.78, 5) is 20.2. The van der Waals surface area contributed by atoms with E-state index >= 15 is 0 Å². The van der Waals surface area contributed by atoms with E-state index in [1.165, 1.54) is 11.4 Å². The molecule has 0 radical (unpaired) electrons. The minimum absolute atomic E-state index is 0.141. The summed E-state index contributed by atoms with van der Waals surface area (Å²) in [5.74, 6) is -1.61. The molecule has 1 aromatic carbocycles. The van der Waals surface area contributed by atoms with Gasteiger partial charge in [-0.3, -0.25) is 0 Å². The molecule has 3 aromatic rings. The molecule has 0 amide bonds. The van der Waals surface area contributed by atoms with Gasteiger partial charge in [-0.1, -0.05) is 0 Å². The molecule has 3 rings (SSSR count). The molecule has 0 saturated carbocycles. The number of hydrogen-bond acceptors (Lipinski definition) is 5. The lowest BCUT2D eigenvalue weighted by Gasteiger charge is -2.05. The van der Waals surface area contributed by atoms with Crippen LogP contribution >= 0.6 is 11.3 Å². The fraction of sp³-hybridized carbons (Fsp3) is 0.188. The quantitative estimate of drug-likeness (QED) is 0.662. The predicted molar refractivity (Wildman–Crippen MR) is 84.7 cm³/mol. The molecule has 0 bridgehead atoms. The molecule has 0 fully saturated rings. The van der Waals surface area contributed by atoms with Gasteiger partial charge in [0, 0.05) is 23.3 Å². The van der Waals surface area contributed by atoms with Gasteiger partial charge in [0.2, 0.25) is 0 Å². The molecule has 2 aromatic heterocycles. The third-order valence-corrected chi connectivity index (χ3v) is 4.26. The Morgan fingerprint density at radius 2 is 2.17 bits per heavy atom. The molecule has 5 nitrogen and oxygen atoms in total. The lowest BCUT2D eigenvalue weighted by atomic mass is 10.2. The highest BCUT2D eigenvalue weighted by atomic mass is 32.1. The van der Waals surface area contributed by atoms with Gasteiger partial charge in [-0.05, 0) is 25.1 Å². The summed E-state index contributed by atoms with van der Waals surface area (Å²) in [5, 5.41) is 1.95. The molecule has 8 heteroatoms. The van der Waals surface area contributed by atoms with E-state index in [0.29, 0.717) is 17.1 Å². The Hall–Kier alpha value is -2.61. The first kappa shape index (κ1) is 16.3. The Morgan fingerprint density at radius 3 is 2.88 bits per heavy atom. The number of carbonyl (C=O) groups excluding carboxylic acids is 1. The summed E-state index contributed by atoms with van der Waals surface area (Å²) in [6.07, 6.45) is 3.47. The van der Waals surface area contributed by atoms with Crippen LogP contribution in [0.25, 0.3) is 10.6 Å². The monoisotopic (exact) mass is 349 g/mol. The van der Waals surface area contributed by atoms with Crippen LogP contribution in [-0.2, 0) is 11.3 Å². The second-order valence-electron chi connectivity index (χ2n) is 4.97. The van der Waals surface area contributed by atoms with Crippen LogP contribution < -0.4 is 0 Å². The van der Waals surface area contributed by atoms with Crippen molar-refractivity contribution >= 4 is 17.3 Å². The predicted octanol–water partition coefficient (Wildman–Crippen LogP) is 3.45. The van der Waals surface area contributed by atoms with Gasteiger partial charge in [-0.25, -0.2) is 23.5 Å². The van der Waals surface area contributed by atoms with Crippen LogP contribution in [0.15, 0.2) is 36.0 Å². The van der Waals surface area contributed by atoms with Crippen molar-refractivity contribution in [3.63, 3.8) is 0 Å². The number of esters is 1. The van der Waals surface area contributed by atoms with Crippen molar-refractivity contribution in [1.82, 2.24) is 14.5 Å². The highest BCUT2D eigenvalue weighted by Gasteiger charge is 2.14. The third kappa shape index (κ3) is 3.48. The fourth-order valence-electron chi connectivity index (χ4n) is 2.08. The van der Waals surface area contributed by atoms with Crippen molar-refractivity contribution in [3.8, 4) is 10.6 Å². The van der Waals surface area contributed by atoms with Crippen LogP contribution in [0.3, 0.4) is 0 Å². The maximum Gasteiger partial charge on any atom is 0.357 e. The molecule has 0 atom stereocenters. The van der Waals surface area contributed by atoms with Gasteiger partial charge in [-0.15, -0.1) is 11.3 Å². The Bertz CT molecular complexity index is 876. The molecular weight excluding hydrogens is 336 g/mol. The SMILES string of the molecule is Cc1nccn1CCOC(=O)c1csc(-c2ccc(F)c(F)c2)n1. The van der Waals surface area contributed by atoms with Gasteiger partial charge in [0.15, 0.2) is 17.3 Å². The molecule has 0 aliphatic rings. The number of nitrogens with zero attached hydrogens (tertiary/aromatic N) is 3. The molecule has 0 saturated heterocycles. The summed E-state index contributed by atoms with van der Waals surface area (Å²) < 4.78 is 33.3. The molecule has 124 valence electrons. The molecular formula is C16H13F2N3O2S. The van der Waals surface area contributed by atoms with Crippen LogP contribution in [-0.4, -0.2) is 27.1 Å². The Kier molecular flexibility index (Phi) is 4.66. The van der Waals surface area contributed by atoms with Gasteiger partial charge in [0.25, 0.3) is 0 Å². The van der Waals surface area contributed by atoms with E-state index in [-0.39, 0.29) is 12.3 Å². The maximum atomic E-state index is 13.3. The molecule has 0 aliphatic carbocycles. The Morgan fingerprint density at radius 1 is 1.33 bits per heavy atom. The highest BCUT2D eigenvalue weighted by molar-refractivity contribution is 7.13. The van der Waals surface area contributed by atoms with Crippen molar-refractivity contribution in [3.05, 3.63) is 59.1 Å². The third-order valence-electron chi connectivity index (χ3n) is 3.37. The smallest absolute Gasteiger partial charge is 0.357 e. The van der Waals surface area contributed by atoms with Crippen LogP contribution in [0.1, 0.15) is 16.3 Å². The highest BCUT2D eigenvalue weighted by Crippen LogP contribution is 2.25. The number of benzene rings is 1. The number of rotatable bonds is 5. The average molecular weight is 349 g/mol. The van der Waals surface area contributed by atoms with Gasteiger partial charge in [0.05, 0.1) is 6.54 Å². The summed E-state index contributed by atoms with van der Waals surface area (Å²) in [6, 6.07) is 3.48. The number of hydrogen-bond donors (Lipinski definition) is 0. The van der Waals surface area contributed by atoms with Gasteiger partial charge in [0.1, 0.15) is 17.4 Å². The molecule has 0 aliphatic heterocycles. The number of halogens is 2. The molecule has 2 heterocycles. The zero-order valence-corrected chi connectivity index (χ0v) is 13.5. The zero-order chi connectivity index (χ0) is 17.1. The number of aromatic nitrogens is 3. The van der Waals surface area contributed by atoms with Crippen molar-refractivity contribution in [2.75, 3.05) is 6.61 Å². The number of thiazole rings is 1. The topological polar surface area (TPSA) is 57.0 Å². The Balaban J connectivity index is 1.63. The van der Waals surface area contributed by atoms with E-state index in [9.17, 15) is 13.6 Å². The first-order chi connectivity index (χ1) is 11.5. The summed E-state index contributed by atoms with van der Waals surface area (Å²) in [7, 11) is 0. The molecule has 0 spiro atoms. The number of ether oxygens (including phenoxy) is 1. The van der Waals surface area contributed by atoms with Crippen molar-refractivity contribution in [2.24, 2.45) is 0 Å². The maximum absolute atomic E-state index is 13.3. The molecule has 0 unspecified atom stereocenters. The minimum atomic E-state index is -0.956. The van der Waals surface area contributed by atoms with Crippen LogP contribution in [0.4, 0.5) is 8.78 Å². The molecule has 0 N–H and O–H groups in total. The van der Waals surface area contributed by atoms with E-state index in [1.54, 1.807) is 12.4 Å². The largest absolute Gasteiger partial charge is 0.459 e. The lowest BCUT2D eigenvalue weighted by Crippen LogP contribution is -2.12. The van der Waals surface area contributed by atoms with Gasteiger partial charge < -0.3 is 9.30 Å². The summed E-state index contributed by atoms with van der Waals surface area (Å²) >= 11 is 1.16. The van der Waals surface area contributed by atoms with Crippen LogP contribution in [0.5, 0.6) is 0 Å². The van der Waals surface area contributed by atoms with Gasteiger partial charge >= 0.3 is 5.97 Å². The molecule has 24 heavy (non-hydrogen) atoms. The van der Waals surface area contributed by atoms with Crippen molar-refractivity contribution < 1.29 is 18.3 Å². The van der Waals surface area contributed by atoms with E-state index in [0.717, 1.165) is 29.3 Å². The second-order valence-corrected chi connectivity index (χ2v) is 5.83. The first-order valence-electron chi connectivity index (χ1n) is 7.10. The van der Waals surface area contributed by atoms with E-state index in [2.05, 4.69) is 9.97 Å². The summed E-state index contributed by atoms with van der Waals surface area (Å²) in [5.41, 5.74) is 0.550. The van der Waals surface area contributed by atoms with E-state index < -0.39 is 17.6 Å².